The van der Waals surface area contributed by atoms with E-state index in [2.05, 4.69) is 11.9 Å². The number of nitrogens with one attached hydrogen (secondary N) is 1. The number of hydrogen-bond acceptors (Lipinski definition) is 5. The van der Waals surface area contributed by atoms with Crippen molar-refractivity contribution in [2.75, 3.05) is 18.5 Å². The molecule has 0 aliphatic carbocycles. The molecule has 2 N–H and O–H groups in total. The van der Waals surface area contributed by atoms with Crippen molar-refractivity contribution in [3.05, 3.63) is 40.4 Å². The van der Waals surface area contributed by atoms with Crippen molar-refractivity contribution in [3.8, 4) is 0 Å². The number of amides is 1. The van der Waals surface area contributed by atoms with E-state index in [4.69, 9.17) is 27.9 Å². The molecule has 7 nitrogen and oxygen atoms in total. The van der Waals surface area contributed by atoms with Gasteiger partial charge in [0, 0.05) is 23.0 Å². The number of halogens is 4. The number of ether oxygens (including phenoxy) is 1. The third-order valence-electron chi connectivity index (χ3n) is 5.92. The highest BCUT2D eigenvalue weighted by Crippen LogP contribution is 2.61. The van der Waals surface area contributed by atoms with Crippen LogP contribution in [-0.2, 0) is 24.7 Å². The van der Waals surface area contributed by atoms with E-state index in [1.54, 1.807) is 0 Å². The van der Waals surface area contributed by atoms with Crippen LogP contribution in [0.15, 0.2) is 24.8 Å². The predicted octanol–water partition coefficient (Wildman–Crippen LogP) is 2.91. The normalized spacial score (nSPS) is 31.3. The zero-order valence-corrected chi connectivity index (χ0v) is 16.8. The van der Waals surface area contributed by atoms with Crippen LogP contribution >= 0.6 is 23.2 Å². The maximum atomic E-state index is 14.4. The van der Waals surface area contributed by atoms with E-state index in [1.807, 2.05) is 0 Å². The zero-order chi connectivity index (χ0) is 22.0. The number of fused-ring (bicyclic) bond motifs is 4. The van der Waals surface area contributed by atoms with Crippen molar-refractivity contribution >= 4 is 46.7 Å². The minimum absolute atomic E-state index is 0.0437. The summed E-state index contributed by atoms with van der Waals surface area (Å²) in [6.45, 7) is 2.30. The monoisotopic (exact) mass is 460 g/mol. The van der Waals surface area contributed by atoms with Gasteiger partial charge in [0.05, 0.1) is 23.2 Å². The summed E-state index contributed by atoms with van der Waals surface area (Å²) in [6, 6.07) is 1.42. The van der Waals surface area contributed by atoms with Gasteiger partial charge >= 0.3 is 11.9 Å². The summed E-state index contributed by atoms with van der Waals surface area (Å²) in [7, 11) is 0. The maximum absolute atomic E-state index is 14.4. The molecule has 3 aliphatic rings. The second kappa shape index (κ2) is 6.90. The third kappa shape index (κ3) is 2.75. The Balaban J connectivity index is 1.99. The molecule has 1 aromatic carbocycles. The Morgan fingerprint density at radius 1 is 1.40 bits per heavy atom. The first-order chi connectivity index (χ1) is 14.0. The van der Waals surface area contributed by atoms with Gasteiger partial charge in [-0.15, -0.1) is 0 Å². The Labute approximate surface area is 179 Å². The number of carboxylic acids is 1. The van der Waals surface area contributed by atoms with Crippen LogP contribution in [0.1, 0.15) is 12.0 Å². The number of hydrogen-bond donors (Lipinski definition) is 2. The van der Waals surface area contributed by atoms with Crippen molar-refractivity contribution in [3.63, 3.8) is 0 Å². The minimum atomic E-state index is -3.24. The van der Waals surface area contributed by atoms with Crippen LogP contribution < -0.4 is 5.32 Å². The molecular weight excluding hydrogens is 445 g/mol. The number of rotatable bonds is 4. The lowest BCUT2D eigenvalue weighted by Gasteiger charge is -2.36. The molecule has 4 atom stereocenters. The van der Waals surface area contributed by atoms with Crippen molar-refractivity contribution in [2.24, 2.45) is 11.8 Å². The van der Waals surface area contributed by atoms with Crippen LogP contribution in [-0.4, -0.2) is 53.0 Å². The lowest BCUT2D eigenvalue weighted by atomic mass is 9.74. The van der Waals surface area contributed by atoms with Gasteiger partial charge in [0.2, 0.25) is 0 Å². The Morgan fingerprint density at radius 2 is 2.10 bits per heavy atom. The molecular formula is C19H16Cl2F2N2O5. The summed E-state index contributed by atoms with van der Waals surface area (Å²) in [6.07, 6.45) is 0.467. The second-order valence-electron chi connectivity index (χ2n) is 7.55. The van der Waals surface area contributed by atoms with Gasteiger partial charge in [-0.1, -0.05) is 35.9 Å². The zero-order valence-electron chi connectivity index (χ0n) is 15.3. The molecule has 160 valence electrons. The number of nitrogens with zero attached hydrogens (tertiary/aromatic N) is 1. The molecule has 4 unspecified atom stereocenters. The highest BCUT2D eigenvalue weighted by molar-refractivity contribution is 6.38. The highest BCUT2D eigenvalue weighted by Gasteiger charge is 2.74. The molecule has 3 aliphatic heterocycles. The number of anilines is 1. The molecule has 0 aromatic heterocycles. The number of benzene rings is 1. The molecule has 11 heteroatoms. The number of alkyl halides is 2. The quantitative estimate of drug-likeness (QED) is 0.529. The first kappa shape index (κ1) is 21.0. The van der Waals surface area contributed by atoms with Gasteiger partial charge in [0.25, 0.3) is 11.8 Å². The molecule has 2 saturated heterocycles. The van der Waals surface area contributed by atoms with E-state index in [0.717, 1.165) is 4.90 Å². The van der Waals surface area contributed by atoms with Crippen molar-refractivity contribution in [1.29, 1.82) is 0 Å². The van der Waals surface area contributed by atoms with Crippen LogP contribution in [0.25, 0.3) is 0 Å². The van der Waals surface area contributed by atoms with Crippen LogP contribution in [0.3, 0.4) is 0 Å². The van der Waals surface area contributed by atoms with Gasteiger partial charge in [0.1, 0.15) is 18.1 Å². The highest BCUT2D eigenvalue weighted by atomic mass is 35.5. The molecule has 4 rings (SSSR count). The molecule has 0 bridgehead atoms. The van der Waals surface area contributed by atoms with Crippen LogP contribution in [0.5, 0.6) is 0 Å². The summed E-state index contributed by atoms with van der Waals surface area (Å²) < 4.78 is 33.9. The molecule has 1 aromatic rings. The Hall–Kier alpha value is -2.23. The SMILES string of the molecule is C=CCOC(=O)C1C(C(=O)O)C2CC(F)(F)CN2C12C(=O)Nc1c(Cl)cc(Cl)cc12. The Morgan fingerprint density at radius 3 is 2.73 bits per heavy atom. The number of carbonyl (C=O) groups is 3. The fraction of sp³-hybridized carbons (Fsp3) is 0.421. The largest absolute Gasteiger partial charge is 0.481 e. The summed E-state index contributed by atoms with van der Waals surface area (Å²) in [5.41, 5.74) is -1.86. The van der Waals surface area contributed by atoms with Gasteiger partial charge in [-0.25, -0.2) is 8.78 Å². The maximum Gasteiger partial charge on any atom is 0.313 e. The van der Waals surface area contributed by atoms with Crippen LogP contribution in [0, 0.1) is 11.8 Å². The summed E-state index contributed by atoms with van der Waals surface area (Å²) in [4.78, 5) is 39.6. The first-order valence-corrected chi connectivity index (χ1v) is 9.76. The standard InChI is InChI=1S/C19H16Cl2F2N2O5/c1-2-3-30-16(28)13-12(15(26)27)11-6-18(22,23)7-25(11)19(13)9-4-8(20)5-10(21)14(9)24-17(19)29/h2,4-5,11-13H,1,3,6-7H2,(H,24,29)(H,26,27). The van der Waals surface area contributed by atoms with Crippen LogP contribution in [0.4, 0.5) is 14.5 Å². The molecule has 1 spiro atoms. The van der Waals surface area contributed by atoms with Gasteiger partial charge in [-0.05, 0) is 12.1 Å². The van der Waals surface area contributed by atoms with E-state index >= 15 is 0 Å². The van der Waals surface area contributed by atoms with Crippen LogP contribution in [0.2, 0.25) is 10.0 Å². The fourth-order valence-electron chi connectivity index (χ4n) is 5.00. The fourth-order valence-corrected chi connectivity index (χ4v) is 5.54. The van der Waals surface area contributed by atoms with E-state index in [1.165, 1.54) is 18.2 Å². The van der Waals surface area contributed by atoms with Crippen molar-refractivity contribution in [1.82, 2.24) is 4.90 Å². The van der Waals surface area contributed by atoms with E-state index in [0.29, 0.717) is 0 Å². The summed E-state index contributed by atoms with van der Waals surface area (Å²) in [5, 5.41) is 12.6. The van der Waals surface area contributed by atoms with Gasteiger partial charge in [0.15, 0.2) is 0 Å². The molecule has 1 amide bonds. The molecule has 0 radical (unpaired) electrons. The van der Waals surface area contributed by atoms with Crippen molar-refractivity contribution in [2.45, 2.75) is 23.9 Å². The van der Waals surface area contributed by atoms with Gasteiger partial charge in [-0.3, -0.25) is 19.3 Å². The number of esters is 1. The number of aliphatic carboxylic acids is 1. The average Bonchev–Trinajstić information content (AvgIpc) is 3.20. The molecule has 30 heavy (non-hydrogen) atoms. The van der Waals surface area contributed by atoms with E-state index in [-0.39, 0.29) is 27.9 Å². The summed E-state index contributed by atoms with van der Waals surface area (Å²) >= 11 is 12.3. The summed E-state index contributed by atoms with van der Waals surface area (Å²) in [5.74, 6) is -9.74. The average molecular weight is 461 g/mol. The van der Waals surface area contributed by atoms with Crippen molar-refractivity contribution < 1.29 is 33.0 Å². The topological polar surface area (TPSA) is 95.9 Å². The Bertz CT molecular complexity index is 988. The smallest absolute Gasteiger partial charge is 0.313 e. The minimum Gasteiger partial charge on any atom is -0.481 e. The number of carbonyl (C=O) groups excluding carboxylic acids is 2. The third-order valence-corrected chi connectivity index (χ3v) is 6.44. The van der Waals surface area contributed by atoms with Gasteiger partial charge in [-0.2, -0.15) is 0 Å². The van der Waals surface area contributed by atoms with E-state index < -0.39 is 60.2 Å². The number of carboxylic acid groups (broad SMARTS) is 1. The van der Waals surface area contributed by atoms with Gasteiger partial charge < -0.3 is 15.2 Å². The Kier molecular flexibility index (Phi) is 4.83. The lowest BCUT2D eigenvalue weighted by Crippen LogP contribution is -2.54. The molecule has 3 heterocycles. The molecule has 0 saturated carbocycles. The lowest BCUT2D eigenvalue weighted by molar-refractivity contribution is -0.161. The van der Waals surface area contributed by atoms with E-state index in [9.17, 15) is 28.3 Å². The first-order valence-electron chi connectivity index (χ1n) is 9.00. The predicted molar refractivity (Wildman–Crippen MR) is 103 cm³/mol. The molecule has 2 fully saturated rings. The second-order valence-corrected chi connectivity index (χ2v) is 8.39.